The van der Waals surface area contributed by atoms with Gasteiger partial charge < -0.3 is 9.64 Å². The summed E-state index contributed by atoms with van der Waals surface area (Å²) < 4.78 is 18.8. The van der Waals surface area contributed by atoms with Crippen LogP contribution in [0.2, 0.25) is 0 Å². The summed E-state index contributed by atoms with van der Waals surface area (Å²) in [7, 11) is 1.36. The van der Waals surface area contributed by atoms with Crippen molar-refractivity contribution in [1.29, 1.82) is 0 Å². The first-order valence-electron chi connectivity index (χ1n) is 9.43. The van der Waals surface area contributed by atoms with Gasteiger partial charge in [0.05, 0.1) is 18.7 Å². The minimum Gasteiger partial charge on any atom is -0.494 e. The summed E-state index contributed by atoms with van der Waals surface area (Å²) in [6.45, 7) is 0.733. The molecule has 1 unspecified atom stereocenters. The number of benzene rings is 1. The molecule has 150 valence electrons. The zero-order chi connectivity index (χ0) is 20.5. The second kappa shape index (κ2) is 7.62. The van der Waals surface area contributed by atoms with E-state index in [2.05, 4.69) is 4.99 Å². The maximum atomic E-state index is 13.9. The fraction of sp³-hybridized carbons (Fsp3) is 0.333. The van der Waals surface area contributed by atoms with Gasteiger partial charge in [-0.05, 0) is 37.1 Å². The lowest BCUT2D eigenvalue weighted by Crippen LogP contribution is -2.54. The summed E-state index contributed by atoms with van der Waals surface area (Å²) in [5.41, 5.74) is 0.702. The molecule has 0 spiro atoms. The van der Waals surface area contributed by atoms with Crippen molar-refractivity contribution in [2.75, 3.05) is 20.2 Å². The van der Waals surface area contributed by atoms with Gasteiger partial charge in [0.25, 0.3) is 5.91 Å². The molecule has 2 aliphatic heterocycles. The van der Waals surface area contributed by atoms with E-state index in [0.29, 0.717) is 31.6 Å². The number of amides is 4. The van der Waals surface area contributed by atoms with E-state index in [1.807, 2.05) is 0 Å². The number of likely N-dealkylation sites (tertiary alicyclic amines) is 1. The molecule has 0 N–H and O–H groups in total. The summed E-state index contributed by atoms with van der Waals surface area (Å²) in [4.78, 5) is 44.8. The second-order valence-corrected chi connectivity index (χ2v) is 7.12. The molecule has 1 saturated heterocycles. The maximum absolute atomic E-state index is 13.9. The summed E-state index contributed by atoms with van der Waals surface area (Å²) in [5.74, 6) is -1.61. The lowest BCUT2D eigenvalue weighted by molar-refractivity contribution is -0.131. The van der Waals surface area contributed by atoms with Crippen LogP contribution < -0.4 is 4.74 Å². The highest BCUT2D eigenvalue weighted by Gasteiger charge is 2.41. The first-order chi connectivity index (χ1) is 14.0. The van der Waals surface area contributed by atoms with Crippen LogP contribution in [0.25, 0.3) is 0 Å². The lowest BCUT2D eigenvalue weighted by Gasteiger charge is -2.39. The molecule has 1 atom stereocenters. The first-order valence-corrected chi connectivity index (χ1v) is 9.43. The molecule has 29 heavy (non-hydrogen) atoms. The van der Waals surface area contributed by atoms with Crippen molar-refractivity contribution in [1.82, 2.24) is 9.80 Å². The smallest absolute Gasteiger partial charge is 0.350 e. The van der Waals surface area contributed by atoms with Crippen LogP contribution in [0.1, 0.15) is 23.2 Å². The van der Waals surface area contributed by atoms with E-state index in [0.717, 1.165) is 6.07 Å². The van der Waals surface area contributed by atoms with Crippen molar-refractivity contribution in [2.24, 2.45) is 10.9 Å². The first kappa shape index (κ1) is 19.0. The number of carbonyl (C=O) groups is 3. The molecular formula is C21H20FN3O4. The van der Waals surface area contributed by atoms with Crippen LogP contribution in [-0.4, -0.2) is 59.6 Å². The number of imide groups is 1. The highest BCUT2D eigenvalue weighted by Crippen LogP contribution is 2.27. The fourth-order valence-electron chi connectivity index (χ4n) is 3.90. The van der Waals surface area contributed by atoms with Gasteiger partial charge in [-0.2, -0.15) is 4.99 Å². The quantitative estimate of drug-likeness (QED) is 0.785. The molecule has 1 fully saturated rings. The number of aliphatic imine (C=N–C) groups is 1. The average molecular weight is 397 g/mol. The Morgan fingerprint density at radius 1 is 1.21 bits per heavy atom. The van der Waals surface area contributed by atoms with E-state index in [9.17, 15) is 18.8 Å². The molecule has 3 aliphatic rings. The van der Waals surface area contributed by atoms with Gasteiger partial charge in [-0.3, -0.25) is 14.5 Å². The van der Waals surface area contributed by atoms with Gasteiger partial charge in [-0.1, -0.05) is 18.2 Å². The molecular weight excluding hydrogens is 377 g/mol. The monoisotopic (exact) mass is 397 g/mol. The van der Waals surface area contributed by atoms with Crippen LogP contribution in [0, 0.1) is 11.7 Å². The zero-order valence-corrected chi connectivity index (χ0v) is 15.9. The van der Waals surface area contributed by atoms with Gasteiger partial charge in [0.2, 0.25) is 5.91 Å². The highest BCUT2D eigenvalue weighted by atomic mass is 19.1. The lowest BCUT2D eigenvalue weighted by atomic mass is 9.93. The van der Waals surface area contributed by atoms with E-state index < -0.39 is 17.8 Å². The maximum Gasteiger partial charge on any atom is 0.350 e. The SMILES string of the molecule is COc1ccc(C(=O)N2CCC(N3C(=O)N=C4C=CC=CC4C3=O)CC2)cc1F. The number of hydrogen-bond acceptors (Lipinski definition) is 4. The number of allylic oxidation sites excluding steroid dienone is 3. The summed E-state index contributed by atoms with van der Waals surface area (Å²) in [5, 5.41) is 0. The minimum atomic E-state index is -0.596. The Morgan fingerprint density at radius 2 is 1.97 bits per heavy atom. The molecule has 1 aromatic rings. The summed E-state index contributed by atoms with van der Waals surface area (Å²) in [6.07, 6.45) is 7.84. The molecule has 0 aromatic heterocycles. The van der Waals surface area contributed by atoms with Crippen molar-refractivity contribution < 1.29 is 23.5 Å². The average Bonchev–Trinajstić information content (AvgIpc) is 2.73. The van der Waals surface area contributed by atoms with Crippen LogP contribution >= 0.6 is 0 Å². The Hall–Kier alpha value is -3.29. The van der Waals surface area contributed by atoms with Crippen molar-refractivity contribution >= 4 is 23.6 Å². The Morgan fingerprint density at radius 3 is 2.66 bits per heavy atom. The molecule has 1 aromatic carbocycles. The van der Waals surface area contributed by atoms with Gasteiger partial charge in [-0.25, -0.2) is 9.18 Å². The molecule has 2 heterocycles. The van der Waals surface area contributed by atoms with Crippen LogP contribution in [-0.2, 0) is 4.79 Å². The Balaban J connectivity index is 1.44. The number of urea groups is 1. The number of piperidine rings is 1. The van der Waals surface area contributed by atoms with E-state index in [4.69, 9.17) is 4.74 Å². The minimum absolute atomic E-state index is 0.0777. The van der Waals surface area contributed by atoms with Crippen LogP contribution in [0.4, 0.5) is 9.18 Å². The molecule has 4 rings (SSSR count). The van der Waals surface area contributed by atoms with Gasteiger partial charge in [0, 0.05) is 24.7 Å². The standard InChI is InChI=1S/C21H20FN3O4/c1-29-18-7-6-13(12-16(18)22)19(26)24-10-8-14(9-11-24)25-20(27)15-4-2-3-5-17(15)23-21(25)28/h2-7,12,14-15H,8-11H2,1H3. The Kier molecular flexibility index (Phi) is 5.00. The number of carbonyl (C=O) groups excluding carboxylic acids is 3. The van der Waals surface area contributed by atoms with E-state index in [-0.39, 0.29) is 29.2 Å². The molecule has 0 bridgehead atoms. The number of nitrogens with zero attached hydrogens (tertiary/aromatic N) is 3. The number of rotatable bonds is 3. The van der Waals surface area contributed by atoms with Crippen LogP contribution in [0.15, 0.2) is 47.5 Å². The summed E-state index contributed by atoms with van der Waals surface area (Å²) in [6, 6.07) is 3.24. The van der Waals surface area contributed by atoms with Crippen LogP contribution in [0.3, 0.4) is 0 Å². The van der Waals surface area contributed by atoms with Gasteiger partial charge in [-0.15, -0.1) is 0 Å². The molecule has 8 heteroatoms. The van der Waals surface area contributed by atoms with E-state index in [1.165, 1.54) is 24.1 Å². The third-order valence-electron chi connectivity index (χ3n) is 5.45. The van der Waals surface area contributed by atoms with E-state index >= 15 is 0 Å². The highest BCUT2D eigenvalue weighted by molar-refractivity contribution is 6.21. The van der Waals surface area contributed by atoms with Gasteiger partial charge in [0.15, 0.2) is 11.6 Å². The van der Waals surface area contributed by atoms with E-state index in [1.54, 1.807) is 29.2 Å². The van der Waals surface area contributed by atoms with Crippen molar-refractivity contribution in [3.8, 4) is 5.75 Å². The van der Waals surface area contributed by atoms with Crippen LogP contribution in [0.5, 0.6) is 5.75 Å². The molecule has 7 nitrogen and oxygen atoms in total. The third-order valence-corrected chi connectivity index (χ3v) is 5.45. The number of halogens is 1. The van der Waals surface area contributed by atoms with Crippen molar-refractivity contribution in [3.05, 3.63) is 53.9 Å². The van der Waals surface area contributed by atoms with Crippen molar-refractivity contribution in [2.45, 2.75) is 18.9 Å². The predicted octanol–water partition coefficient (Wildman–Crippen LogP) is 2.58. The third kappa shape index (κ3) is 3.46. The predicted molar refractivity (Wildman–Crippen MR) is 103 cm³/mol. The van der Waals surface area contributed by atoms with Gasteiger partial charge in [0.1, 0.15) is 0 Å². The number of hydrogen-bond donors (Lipinski definition) is 0. The number of ether oxygens (including phenoxy) is 1. The number of methoxy groups -OCH3 is 1. The largest absolute Gasteiger partial charge is 0.494 e. The Labute approximate surface area is 167 Å². The Bertz CT molecular complexity index is 961. The summed E-state index contributed by atoms with van der Waals surface area (Å²) >= 11 is 0. The van der Waals surface area contributed by atoms with Gasteiger partial charge >= 0.3 is 6.03 Å². The van der Waals surface area contributed by atoms with Crippen molar-refractivity contribution in [3.63, 3.8) is 0 Å². The normalized spacial score (nSPS) is 21.9. The molecule has 4 amide bonds. The molecule has 0 radical (unpaired) electrons. The zero-order valence-electron chi connectivity index (χ0n) is 15.9. The fourth-order valence-corrected chi connectivity index (χ4v) is 3.90. The molecule has 0 saturated carbocycles. The second-order valence-electron chi connectivity index (χ2n) is 7.12. The topological polar surface area (TPSA) is 79.3 Å². The number of fused-ring (bicyclic) bond motifs is 1. The molecule has 1 aliphatic carbocycles.